The van der Waals surface area contributed by atoms with Crippen molar-refractivity contribution >= 4 is 112 Å². The number of rotatable bonds is 14. The number of amides is 3. The van der Waals surface area contributed by atoms with E-state index < -0.39 is 21.2 Å². The Morgan fingerprint density at radius 1 is 0.429 bits per heavy atom. The van der Waals surface area contributed by atoms with Crippen molar-refractivity contribution in [2.24, 2.45) is 57.2 Å². The van der Waals surface area contributed by atoms with Crippen LogP contribution in [0.3, 0.4) is 0 Å². The molecule has 0 bridgehead atoms. The molecular weight excluding hydrogens is 1620 g/mol. The van der Waals surface area contributed by atoms with Gasteiger partial charge in [-0.15, -0.1) is 0 Å². The van der Waals surface area contributed by atoms with Gasteiger partial charge in [0.05, 0.1) is 51.4 Å². The minimum atomic E-state index is -3.09. The number of fused-ring (bicyclic) bond motifs is 10. The second kappa shape index (κ2) is 34.6. The molecule has 5 aliphatic carbocycles. The number of hydrogen-bond acceptors (Lipinski definition) is 25. The minimum Gasteiger partial charge on any atom is -0.444 e. The van der Waals surface area contributed by atoms with Gasteiger partial charge in [-0.3, -0.25) is 9.69 Å². The van der Waals surface area contributed by atoms with Gasteiger partial charge in [0.1, 0.15) is 107 Å². The fourth-order valence-electron chi connectivity index (χ4n) is 22.9. The lowest BCUT2D eigenvalue weighted by Crippen LogP contribution is -2.38. The van der Waals surface area contributed by atoms with Crippen LogP contribution in [-0.2, 0) is 24.3 Å². The van der Waals surface area contributed by atoms with E-state index in [1.807, 2.05) is 124 Å². The van der Waals surface area contributed by atoms with Crippen LogP contribution < -0.4 is 24.5 Å². The van der Waals surface area contributed by atoms with Crippen molar-refractivity contribution in [2.75, 3.05) is 137 Å². The number of carbonyl (C=O) groups is 3. The molecule has 5 N–H and O–H groups in total. The largest absolute Gasteiger partial charge is 0.444 e. The summed E-state index contributed by atoms with van der Waals surface area (Å²) in [6, 6.07) is 16.5. The number of hydrogen-bond donors (Lipinski definition) is 5. The second-order valence-corrected chi connectivity index (χ2v) is 42.8. The van der Waals surface area contributed by atoms with Crippen molar-refractivity contribution < 1.29 is 32.3 Å². The van der Waals surface area contributed by atoms with Crippen LogP contribution in [0.4, 0.5) is 38.7 Å². The first-order valence-corrected chi connectivity index (χ1v) is 46.3. The van der Waals surface area contributed by atoms with Crippen LogP contribution in [0.25, 0.3) is 55.2 Å². The van der Waals surface area contributed by atoms with Crippen molar-refractivity contribution in [1.82, 2.24) is 98.7 Å². The minimum absolute atomic E-state index is 0.0153. The lowest BCUT2D eigenvalue weighted by molar-refractivity contribution is -0.129. The third-order valence-electron chi connectivity index (χ3n) is 29.7. The van der Waals surface area contributed by atoms with Gasteiger partial charge >= 0.3 is 12.2 Å². The zero-order valence-corrected chi connectivity index (χ0v) is 76.7. The molecule has 5 aliphatic heterocycles. The van der Waals surface area contributed by atoms with Gasteiger partial charge < -0.3 is 73.6 Å². The van der Waals surface area contributed by atoms with Gasteiger partial charge in [-0.05, 0) is 200 Å². The lowest BCUT2D eigenvalue weighted by Gasteiger charge is -2.30. The highest BCUT2D eigenvalue weighted by molar-refractivity contribution is 7.89. The first kappa shape index (κ1) is 88.4. The fourth-order valence-corrected chi connectivity index (χ4v) is 24.2. The van der Waals surface area contributed by atoms with Crippen LogP contribution in [0.2, 0.25) is 0 Å². The zero-order chi connectivity index (χ0) is 89.3. The van der Waals surface area contributed by atoms with Crippen LogP contribution >= 0.6 is 0 Å². The summed E-state index contributed by atoms with van der Waals surface area (Å²) in [5.74, 6) is 8.14. The van der Waals surface area contributed by atoms with Crippen molar-refractivity contribution in [3.63, 3.8) is 0 Å². The van der Waals surface area contributed by atoms with E-state index in [9.17, 15) is 22.8 Å². The normalized spacial score (nSPS) is 28.3. The van der Waals surface area contributed by atoms with Gasteiger partial charge in [-0.1, -0.05) is 27.7 Å². The van der Waals surface area contributed by atoms with E-state index in [2.05, 4.69) is 173 Å². The molecule has 5 saturated carbocycles. The molecule has 10 aliphatic rings. The molecule has 10 fully saturated rings. The monoisotopic (exact) mass is 1740 g/mol. The number of aromatic amines is 5. The van der Waals surface area contributed by atoms with E-state index in [0.717, 1.165) is 194 Å². The smallest absolute Gasteiger partial charge is 0.410 e. The van der Waals surface area contributed by atoms with Crippen LogP contribution in [0.15, 0.2) is 93.0 Å². The van der Waals surface area contributed by atoms with E-state index in [1.165, 1.54) is 6.42 Å². The van der Waals surface area contributed by atoms with Crippen molar-refractivity contribution in [2.45, 2.75) is 188 Å². The molecule has 20 rings (SSSR count). The molecule has 3 amide bonds. The Balaban J connectivity index is 0.000000116. The predicted molar refractivity (Wildman–Crippen MR) is 485 cm³/mol. The molecule has 0 radical (unpaired) electrons. The third-order valence-corrected chi connectivity index (χ3v) is 31.5. The van der Waals surface area contributed by atoms with E-state index in [-0.39, 0.29) is 46.5 Å². The number of sulfonamides is 1. The van der Waals surface area contributed by atoms with Crippen molar-refractivity contribution in [3.05, 3.63) is 93.0 Å². The van der Waals surface area contributed by atoms with E-state index in [1.54, 1.807) is 42.9 Å². The number of ether oxygens (including phenoxy) is 2. The van der Waals surface area contributed by atoms with Gasteiger partial charge in [0.15, 0.2) is 0 Å². The number of H-pyrrole nitrogens is 5. The van der Waals surface area contributed by atoms with Crippen LogP contribution in [0, 0.1) is 79.8 Å². The molecule has 1 unspecified atom stereocenters. The molecule has 15 atom stereocenters. The Hall–Kier alpha value is -11.0. The summed E-state index contributed by atoms with van der Waals surface area (Å²) in [6.45, 7) is 31.0. The molecule has 5 saturated heterocycles. The molecule has 10 aromatic heterocycles. The first-order chi connectivity index (χ1) is 59.9. The van der Waals surface area contributed by atoms with Crippen LogP contribution in [-0.4, -0.2) is 280 Å². The average Bonchev–Trinajstić information content (AvgIpc) is 1.67. The average molecular weight is 1740 g/mol. The van der Waals surface area contributed by atoms with E-state index in [0.29, 0.717) is 90.8 Å². The van der Waals surface area contributed by atoms with Crippen molar-refractivity contribution in [3.8, 4) is 12.1 Å². The molecule has 15 heterocycles. The highest BCUT2D eigenvalue weighted by Crippen LogP contribution is 2.55. The van der Waals surface area contributed by atoms with Crippen molar-refractivity contribution in [1.29, 1.82) is 10.5 Å². The summed E-state index contributed by atoms with van der Waals surface area (Å²) in [5.41, 5.74) is 4.06. The Morgan fingerprint density at radius 2 is 0.746 bits per heavy atom. The zero-order valence-electron chi connectivity index (χ0n) is 75.9. The Morgan fingerprint density at radius 3 is 1.07 bits per heavy atom. The number of anilines is 5. The highest BCUT2D eigenvalue weighted by atomic mass is 32.2. The van der Waals surface area contributed by atoms with Gasteiger partial charge in [0.25, 0.3) is 0 Å². The van der Waals surface area contributed by atoms with Gasteiger partial charge in [0, 0.05) is 162 Å². The Kier molecular flexibility index (Phi) is 24.3. The highest BCUT2D eigenvalue weighted by Gasteiger charge is 2.57. The molecule has 126 heavy (non-hydrogen) atoms. The standard InChI is InChI=1S/C20H29N5O2.C19H27N5O2.C18H22N6O.C17H22N6.C17H25N5O2S/c1-19(2,3)27-18(26)25-10-13-8-14(9-20(13,4)11-25)24(5)17-15-6-7-21-16(15)22-12-23-17;1-19(2,3)26-18(25)24-9-12-7-14(8-13(12)10-24)23(4)17-15-5-6-20-16(15)21-11-22-17;1-18-8-13(7-12(18)9-24(10-18)15(25)3-5-19)23(2)17-14-4-6-20-16(14)21-11-22-17;1-17-8-13(7-12(17)9-23(10-17)6-4-18)22(2)16-14-3-5-19-15(14)20-11-21-16;1-4-25(23,24)22-9-12-7-13(8-17(12,2)10-22)21(3)16-14-5-6-18-15(14)19-11-20-16/h6-7,12-14H,8-11H2,1-5H3,(H,21,22,23);5-6,11-14H,7-10H2,1-4H3,(H,20,21,22);4,6,11-13H,3,7-10H2,1-2H3,(H,20,21,22);3,5,11-13H,6-10H2,1-2H3,(H,19,20,21);5-6,11-13H,4,7-10H2,1-3H3,(H,18,19,20)/t13-,14-,20+;12-,13+,14?;12-,13-,18+;2*12-,13-,17+/m1.111/s1. The van der Waals surface area contributed by atoms with E-state index >= 15 is 0 Å². The number of likely N-dealkylation sites (tertiary alicyclic amines) is 4. The number of nitrogens with zero attached hydrogens (tertiary/aromatic N) is 22. The lowest BCUT2D eigenvalue weighted by atomic mass is 9.83. The number of nitrogens with one attached hydrogen (secondary N) is 5. The summed E-state index contributed by atoms with van der Waals surface area (Å²) in [6.07, 6.45) is 27.8. The van der Waals surface area contributed by atoms with Gasteiger partial charge in [-0.2, -0.15) is 10.5 Å². The molecule has 34 nitrogen and oxygen atoms in total. The topological polar surface area (TPSA) is 392 Å². The number of carbonyl (C=O) groups excluding carboxylic acids is 3. The van der Waals surface area contributed by atoms with Crippen LogP contribution in [0.1, 0.15) is 147 Å². The summed E-state index contributed by atoms with van der Waals surface area (Å²) in [5, 5.41) is 22.9. The quantitative estimate of drug-likeness (QED) is 0.0631. The third kappa shape index (κ3) is 17.8. The fraction of sp³-hybridized carbons (Fsp3) is 0.615. The second-order valence-electron chi connectivity index (χ2n) is 40.5. The van der Waals surface area contributed by atoms with Gasteiger partial charge in [-0.25, -0.2) is 72.2 Å². The van der Waals surface area contributed by atoms with Gasteiger partial charge in [0.2, 0.25) is 15.9 Å². The predicted octanol–water partition coefficient (Wildman–Crippen LogP) is 12.3. The summed E-state index contributed by atoms with van der Waals surface area (Å²) in [4.78, 5) is 116. The summed E-state index contributed by atoms with van der Waals surface area (Å²) < 4.78 is 37.2. The molecular formula is C91H125N27O7S. The maximum absolute atomic E-state index is 12.5. The molecule has 672 valence electrons. The summed E-state index contributed by atoms with van der Waals surface area (Å²) in [7, 11) is 7.48. The molecule has 0 aromatic carbocycles. The Bertz CT molecular complexity index is 5790. The Labute approximate surface area is 737 Å². The maximum Gasteiger partial charge on any atom is 0.410 e. The first-order valence-electron chi connectivity index (χ1n) is 44.7. The van der Waals surface area contributed by atoms with Crippen LogP contribution in [0.5, 0.6) is 0 Å². The molecule has 0 spiro atoms. The number of aromatic nitrogens is 15. The van der Waals surface area contributed by atoms with E-state index in [4.69, 9.17) is 20.0 Å². The number of nitriles is 2. The summed E-state index contributed by atoms with van der Waals surface area (Å²) >= 11 is 0. The SMILES string of the molecule is CCS(=O)(=O)N1C[C@H]2C[C@@H](N(C)c3ncnc4[nH]ccc34)C[C@@]2(C)C1.CN(c1ncnc2[nH]ccc12)C1C[C@@H]2CN(C(=O)OC(C)(C)C)C[C@@H]2C1.CN(c1ncnc2[nH]ccc12)[C@@H]1C[C@@H]2CN(C(=O)CC#N)C[C@]2(C)C1.CN(c1ncnc2[nH]ccc12)[C@@H]1C[C@@H]2CN(C(=O)OC(C)(C)C)C[C@]2(C)C1.CN(c1ncnc2[nH]ccc12)[C@@H]1C[C@@H]2CN(CC#N)C[C@]2(C)C1. The molecule has 10 aromatic rings. The molecule has 35 heteroatoms. The maximum atomic E-state index is 12.5.